The van der Waals surface area contributed by atoms with Gasteiger partial charge in [-0.25, -0.2) is 5.06 Å². The van der Waals surface area contributed by atoms with Gasteiger partial charge >= 0.3 is 0 Å². The van der Waals surface area contributed by atoms with E-state index >= 15 is 0 Å². The highest BCUT2D eigenvalue weighted by Gasteiger charge is 2.34. The summed E-state index contributed by atoms with van der Waals surface area (Å²) in [6.45, 7) is 2.67. The molecule has 0 bridgehead atoms. The van der Waals surface area contributed by atoms with Gasteiger partial charge in [-0.15, -0.1) is 0 Å². The molecular formula is C10H16NO2. The van der Waals surface area contributed by atoms with Crippen molar-refractivity contribution in [3.8, 4) is 0 Å². The average Bonchev–Trinajstić information content (AvgIpc) is 2.52. The van der Waals surface area contributed by atoms with E-state index in [1.165, 1.54) is 19.3 Å². The Morgan fingerprint density at radius 2 is 2.23 bits per heavy atom. The highest BCUT2D eigenvalue weighted by atomic mass is 16.7. The van der Waals surface area contributed by atoms with Crippen LogP contribution in [0.4, 0.5) is 0 Å². The Hall–Kier alpha value is -0.570. The van der Waals surface area contributed by atoms with Crippen LogP contribution in [-0.4, -0.2) is 23.6 Å². The fourth-order valence-corrected chi connectivity index (χ4v) is 2.25. The molecule has 2 unspecified atom stereocenters. The lowest BCUT2D eigenvalue weighted by Gasteiger charge is -2.34. The quantitative estimate of drug-likeness (QED) is 0.615. The third-order valence-electron chi connectivity index (χ3n) is 3.06. The van der Waals surface area contributed by atoms with Gasteiger partial charge in [-0.3, -0.25) is 9.63 Å². The Morgan fingerprint density at radius 3 is 2.85 bits per heavy atom. The van der Waals surface area contributed by atoms with Gasteiger partial charge < -0.3 is 0 Å². The molecule has 3 heteroatoms. The summed E-state index contributed by atoms with van der Waals surface area (Å²) in [7, 11) is 0. The molecule has 1 radical (unpaired) electrons. The molecule has 1 saturated carbocycles. The van der Waals surface area contributed by atoms with Gasteiger partial charge in [-0.05, 0) is 18.8 Å². The van der Waals surface area contributed by atoms with Gasteiger partial charge in [0, 0.05) is 0 Å². The number of hydrogen-bond donors (Lipinski definition) is 0. The second-order valence-corrected chi connectivity index (χ2v) is 3.99. The Labute approximate surface area is 79.0 Å². The van der Waals surface area contributed by atoms with E-state index in [-0.39, 0.29) is 5.91 Å². The predicted molar refractivity (Wildman–Crippen MR) is 48.5 cm³/mol. The Kier molecular flexibility index (Phi) is 2.54. The molecule has 0 aromatic rings. The molecule has 0 spiro atoms. The molecule has 1 aliphatic carbocycles. The zero-order valence-electron chi connectivity index (χ0n) is 8.03. The third kappa shape index (κ3) is 1.70. The van der Waals surface area contributed by atoms with Gasteiger partial charge in [0.05, 0.1) is 19.1 Å². The van der Waals surface area contributed by atoms with Crippen molar-refractivity contribution in [2.75, 3.05) is 6.61 Å². The minimum absolute atomic E-state index is 0.0544. The van der Waals surface area contributed by atoms with Gasteiger partial charge in [-0.2, -0.15) is 0 Å². The van der Waals surface area contributed by atoms with E-state index in [4.69, 9.17) is 4.84 Å². The SMILES string of the molecule is CC1CCCCC1N1OC[CH]C1=O. The molecule has 0 aromatic carbocycles. The predicted octanol–water partition coefficient (Wildman–Crippen LogP) is 1.54. The van der Waals surface area contributed by atoms with Gasteiger partial charge in [0.15, 0.2) is 0 Å². The van der Waals surface area contributed by atoms with Crippen LogP contribution in [-0.2, 0) is 9.63 Å². The summed E-state index contributed by atoms with van der Waals surface area (Å²) in [4.78, 5) is 16.7. The van der Waals surface area contributed by atoms with Crippen molar-refractivity contribution in [2.45, 2.75) is 38.6 Å². The standard InChI is InChI=1S/C10H16NO2/c1-8-4-2-3-5-9(8)11-10(12)6-7-13-11/h6,8-9H,2-5,7H2,1H3. The number of carbonyl (C=O) groups excluding carboxylic acids is 1. The van der Waals surface area contributed by atoms with Gasteiger partial charge in [-0.1, -0.05) is 19.8 Å². The van der Waals surface area contributed by atoms with E-state index in [2.05, 4.69) is 6.92 Å². The summed E-state index contributed by atoms with van der Waals surface area (Å²) in [6, 6.07) is 0.319. The van der Waals surface area contributed by atoms with Crippen molar-refractivity contribution in [2.24, 2.45) is 5.92 Å². The van der Waals surface area contributed by atoms with Crippen molar-refractivity contribution in [3.05, 3.63) is 6.42 Å². The number of hydroxylamine groups is 2. The van der Waals surface area contributed by atoms with Crippen molar-refractivity contribution in [1.82, 2.24) is 5.06 Å². The molecule has 73 valence electrons. The minimum atomic E-state index is 0.0544. The second-order valence-electron chi connectivity index (χ2n) is 3.99. The summed E-state index contributed by atoms with van der Waals surface area (Å²) in [5.41, 5.74) is 0. The minimum Gasteiger partial charge on any atom is -0.272 e. The zero-order chi connectivity index (χ0) is 9.26. The van der Waals surface area contributed by atoms with Crippen molar-refractivity contribution in [3.63, 3.8) is 0 Å². The summed E-state index contributed by atoms with van der Waals surface area (Å²) in [6.07, 6.45) is 6.45. The van der Waals surface area contributed by atoms with Crippen LogP contribution in [0.25, 0.3) is 0 Å². The molecule has 1 aliphatic heterocycles. The molecule has 1 amide bonds. The molecule has 2 atom stereocenters. The second kappa shape index (κ2) is 3.66. The Balaban J connectivity index is 2.01. The van der Waals surface area contributed by atoms with E-state index in [9.17, 15) is 4.79 Å². The molecule has 0 aromatic heterocycles. The van der Waals surface area contributed by atoms with Crippen molar-refractivity contribution >= 4 is 5.91 Å². The lowest BCUT2D eigenvalue weighted by atomic mass is 9.86. The van der Waals surface area contributed by atoms with Crippen LogP contribution >= 0.6 is 0 Å². The van der Waals surface area contributed by atoms with Crippen molar-refractivity contribution < 1.29 is 9.63 Å². The summed E-state index contributed by atoms with van der Waals surface area (Å²) in [5, 5.41) is 1.59. The first-order chi connectivity index (χ1) is 6.29. The third-order valence-corrected chi connectivity index (χ3v) is 3.06. The van der Waals surface area contributed by atoms with Gasteiger partial charge in [0.25, 0.3) is 5.91 Å². The molecule has 3 nitrogen and oxygen atoms in total. The Bertz CT molecular complexity index is 205. The van der Waals surface area contributed by atoms with Gasteiger partial charge in [0.2, 0.25) is 0 Å². The normalized spacial score (nSPS) is 35.5. The topological polar surface area (TPSA) is 29.5 Å². The Morgan fingerprint density at radius 1 is 1.46 bits per heavy atom. The van der Waals surface area contributed by atoms with Crippen LogP contribution in [0.1, 0.15) is 32.6 Å². The first-order valence-electron chi connectivity index (χ1n) is 5.08. The first kappa shape index (κ1) is 9.00. The highest BCUT2D eigenvalue weighted by Crippen LogP contribution is 2.29. The van der Waals surface area contributed by atoms with E-state index < -0.39 is 0 Å². The van der Waals surface area contributed by atoms with E-state index in [0.717, 1.165) is 6.42 Å². The monoisotopic (exact) mass is 182 g/mol. The molecule has 2 fully saturated rings. The van der Waals surface area contributed by atoms with E-state index in [0.29, 0.717) is 18.6 Å². The first-order valence-corrected chi connectivity index (χ1v) is 5.08. The molecule has 2 aliphatic rings. The fourth-order valence-electron chi connectivity index (χ4n) is 2.25. The maximum absolute atomic E-state index is 11.4. The number of nitrogens with zero attached hydrogens (tertiary/aromatic N) is 1. The maximum Gasteiger partial charge on any atom is 0.252 e. The zero-order valence-corrected chi connectivity index (χ0v) is 8.03. The van der Waals surface area contributed by atoms with Crippen LogP contribution < -0.4 is 0 Å². The van der Waals surface area contributed by atoms with E-state index in [1.54, 1.807) is 11.5 Å². The summed E-state index contributed by atoms with van der Waals surface area (Å²) >= 11 is 0. The molecule has 1 saturated heterocycles. The molecular weight excluding hydrogens is 166 g/mol. The average molecular weight is 182 g/mol. The maximum atomic E-state index is 11.4. The molecule has 0 N–H and O–H groups in total. The van der Waals surface area contributed by atoms with Crippen LogP contribution in [0.3, 0.4) is 0 Å². The van der Waals surface area contributed by atoms with Crippen LogP contribution in [0.2, 0.25) is 0 Å². The summed E-state index contributed by atoms with van der Waals surface area (Å²) in [5.74, 6) is 0.642. The largest absolute Gasteiger partial charge is 0.272 e. The number of rotatable bonds is 1. The highest BCUT2D eigenvalue weighted by molar-refractivity contribution is 5.85. The van der Waals surface area contributed by atoms with Crippen LogP contribution in [0, 0.1) is 12.3 Å². The van der Waals surface area contributed by atoms with Crippen LogP contribution in [0.15, 0.2) is 0 Å². The lowest BCUT2D eigenvalue weighted by Crippen LogP contribution is -2.41. The van der Waals surface area contributed by atoms with Crippen molar-refractivity contribution in [1.29, 1.82) is 0 Å². The fraction of sp³-hybridized carbons (Fsp3) is 0.800. The molecule has 1 heterocycles. The van der Waals surface area contributed by atoms with Crippen LogP contribution in [0.5, 0.6) is 0 Å². The smallest absolute Gasteiger partial charge is 0.252 e. The number of hydrogen-bond acceptors (Lipinski definition) is 2. The number of amides is 1. The number of carbonyl (C=O) groups is 1. The van der Waals surface area contributed by atoms with E-state index in [1.807, 2.05) is 0 Å². The molecule has 13 heavy (non-hydrogen) atoms. The summed E-state index contributed by atoms with van der Waals surface area (Å²) < 4.78 is 0. The lowest BCUT2D eigenvalue weighted by molar-refractivity contribution is -0.182. The van der Waals surface area contributed by atoms with Gasteiger partial charge in [0.1, 0.15) is 0 Å². The molecule has 2 rings (SSSR count).